The summed E-state index contributed by atoms with van der Waals surface area (Å²) in [7, 11) is 0. The third kappa shape index (κ3) is 3.84. The third-order valence-electron chi connectivity index (χ3n) is 5.51. The van der Waals surface area contributed by atoms with Crippen LogP contribution in [0.25, 0.3) is 10.9 Å². The minimum Gasteiger partial charge on any atom is -0.368 e. The molecule has 7 heteroatoms. The molecule has 30 heavy (non-hydrogen) atoms. The van der Waals surface area contributed by atoms with Crippen LogP contribution in [-0.4, -0.2) is 42.0 Å². The Balaban J connectivity index is 1.54. The van der Waals surface area contributed by atoms with Crippen LogP contribution in [0.3, 0.4) is 0 Å². The second kappa shape index (κ2) is 7.63. The molecule has 0 radical (unpaired) electrons. The Morgan fingerprint density at radius 3 is 2.37 bits per heavy atom. The summed E-state index contributed by atoms with van der Waals surface area (Å²) in [5.74, 6) is -0.0696. The highest BCUT2D eigenvalue weighted by atomic mass is 19.4. The number of piperazine rings is 1. The van der Waals surface area contributed by atoms with Crippen molar-refractivity contribution in [1.29, 1.82) is 0 Å². The van der Waals surface area contributed by atoms with Gasteiger partial charge in [-0.3, -0.25) is 9.78 Å². The Bertz CT molecular complexity index is 1100. The zero-order valence-corrected chi connectivity index (χ0v) is 16.8. The molecule has 2 heterocycles. The number of hydrogen-bond donors (Lipinski definition) is 0. The Morgan fingerprint density at radius 2 is 1.67 bits per heavy atom. The lowest BCUT2D eigenvalue weighted by Gasteiger charge is -2.36. The maximum Gasteiger partial charge on any atom is 0.416 e. The number of pyridine rings is 1. The fourth-order valence-corrected chi connectivity index (χ4v) is 3.91. The highest BCUT2D eigenvalue weighted by Crippen LogP contribution is 2.32. The van der Waals surface area contributed by atoms with E-state index in [9.17, 15) is 18.0 Å². The normalized spacial score (nSPS) is 15.0. The molecular weight excluding hydrogens is 391 g/mol. The molecule has 2 aromatic carbocycles. The van der Waals surface area contributed by atoms with Crippen molar-refractivity contribution in [2.45, 2.75) is 20.0 Å². The van der Waals surface area contributed by atoms with Crippen molar-refractivity contribution in [2.24, 2.45) is 0 Å². The van der Waals surface area contributed by atoms with Crippen molar-refractivity contribution >= 4 is 22.5 Å². The number of fused-ring (bicyclic) bond motifs is 1. The summed E-state index contributed by atoms with van der Waals surface area (Å²) >= 11 is 0. The van der Waals surface area contributed by atoms with Crippen LogP contribution in [0.4, 0.5) is 18.9 Å². The van der Waals surface area contributed by atoms with Crippen molar-refractivity contribution < 1.29 is 18.0 Å². The lowest BCUT2D eigenvalue weighted by atomic mass is 10.0. The second-order valence-electron chi connectivity index (χ2n) is 7.61. The van der Waals surface area contributed by atoms with E-state index in [4.69, 9.17) is 0 Å². The molecule has 0 saturated carbocycles. The molecular formula is C23H22F3N3O. The highest BCUT2D eigenvalue weighted by Gasteiger charge is 2.31. The largest absolute Gasteiger partial charge is 0.416 e. The van der Waals surface area contributed by atoms with E-state index in [1.807, 2.05) is 43.0 Å². The van der Waals surface area contributed by atoms with Gasteiger partial charge in [-0.15, -0.1) is 0 Å². The molecule has 1 aromatic heterocycles. The molecule has 4 nitrogen and oxygen atoms in total. The van der Waals surface area contributed by atoms with Gasteiger partial charge in [0.2, 0.25) is 0 Å². The predicted octanol–water partition coefficient (Wildman–Crippen LogP) is 4.83. The number of anilines is 1. The molecule has 0 aliphatic carbocycles. The van der Waals surface area contributed by atoms with Crippen LogP contribution in [-0.2, 0) is 6.18 Å². The number of carbonyl (C=O) groups is 1. The number of carbonyl (C=O) groups excluding carboxylic acids is 1. The number of para-hydroxylation sites is 1. The molecule has 3 aromatic rings. The van der Waals surface area contributed by atoms with Gasteiger partial charge in [-0.05, 0) is 43.7 Å². The van der Waals surface area contributed by atoms with Gasteiger partial charge in [0, 0.05) is 42.9 Å². The van der Waals surface area contributed by atoms with Crippen molar-refractivity contribution in [3.63, 3.8) is 0 Å². The van der Waals surface area contributed by atoms with Crippen molar-refractivity contribution in [1.82, 2.24) is 9.88 Å². The van der Waals surface area contributed by atoms with Gasteiger partial charge in [-0.25, -0.2) is 0 Å². The summed E-state index contributed by atoms with van der Waals surface area (Å²) in [6, 6.07) is 12.9. The molecule has 0 unspecified atom stereocenters. The molecule has 1 aliphatic rings. The number of benzene rings is 2. The Labute approximate surface area is 172 Å². The molecule has 1 fully saturated rings. The predicted molar refractivity (Wildman–Crippen MR) is 111 cm³/mol. The summed E-state index contributed by atoms with van der Waals surface area (Å²) in [6.07, 6.45) is -4.37. The van der Waals surface area contributed by atoms with E-state index in [2.05, 4.69) is 4.98 Å². The smallest absolute Gasteiger partial charge is 0.368 e. The Morgan fingerprint density at radius 1 is 0.967 bits per heavy atom. The van der Waals surface area contributed by atoms with E-state index >= 15 is 0 Å². The molecule has 1 amide bonds. The number of halogens is 3. The lowest BCUT2D eigenvalue weighted by molar-refractivity contribution is -0.137. The van der Waals surface area contributed by atoms with Gasteiger partial charge in [-0.1, -0.05) is 24.3 Å². The van der Waals surface area contributed by atoms with E-state index in [1.165, 1.54) is 12.1 Å². The fraction of sp³-hybridized carbons (Fsp3) is 0.304. The monoisotopic (exact) mass is 413 g/mol. The van der Waals surface area contributed by atoms with Gasteiger partial charge in [0.1, 0.15) is 0 Å². The highest BCUT2D eigenvalue weighted by molar-refractivity contribution is 6.06. The first kappa shape index (κ1) is 20.2. The Hall–Kier alpha value is -3.09. The zero-order valence-electron chi connectivity index (χ0n) is 16.8. The lowest BCUT2D eigenvalue weighted by Crippen LogP contribution is -2.48. The standard InChI is InChI=1S/C23H22F3N3O/c1-15-5-3-8-19-20(13-16(2)27-21(15)19)22(30)29-11-9-28(10-12-29)18-7-4-6-17(14-18)23(24,25)26/h3-8,13-14H,9-12H2,1-2H3. The minimum atomic E-state index is -4.37. The van der Waals surface area contributed by atoms with Crippen molar-refractivity contribution in [3.8, 4) is 0 Å². The van der Waals surface area contributed by atoms with E-state index in [0.717, 1.165) is 28.2 Å². The van der Waals surface area contributed by atoms with Gasteiger partial charge in [0.25, 0.3) is 5.91 Å². The summed E-state index contributed by atoms with van der Waals surface area (Å²) < 4.78 is 39.0. The maximum absolute atomic E-state index is 13.2. The molecule has 0 atom stereocenters. The minimum absolute atomic E-state index is 0.0696. The number of hydrogen-bond acceptors (Lipinski definition) is 3. The summed E-state index contributed by atoms with van der Waals surface area (Å²) in [6.45, 7) is 5.70. The van der Waals surface area contributed by atoms with Gasteiger partial charge < -0.3 is 9.80 Å². The number of nitrogens with zero attached hydrogens (tertiary/aromatic N) is 3. The maximum atomic E-state index is 13.2. The van der Waals surface area contributed by atoms with Crippen LogP contribution < -0.4 is 4.90 Å². The van der Waals surface area contributed by atoms with Crippen LogP contribution in [0.5, 0.6) is 0 Å². The van der Waals surface area contributed by atoms with E-state index < -0.39 is 11.7 Å². The molecule has 4 rings (SSSR count). The summed E-state index contributed by atoms with van der Waals surface area (Å²) in [4.78, 5) is 21.5. The molecule has 156 valence electrons. The molecule has 1 aliphatic heterocycles. The van der Waals surface area contributed by atoms with Gasteiger partial charge >= 0.3 is 6.18 Å². The SMILES string of the molecule is Cc1cc(C(=O)N2CCN(c3cccc(C(F)(F)F)c3)CC2)c2cccc(C)c2n1. The zero-order chi connectivity index (χ0) is 21.5. The number of rotatable bonds is 2. The third-order valence-corrected chi connectivity index (χ3v) is 5.51. The van der Waals surface area contributed by atoms with E-state index in [-0.39, 0.29) is 5.91 Å². The van der Waals surface area contributed by atoms with Gasteiger partial charge in [0.15, 0.2) is 0 Å². The van der Waals surface area contributed by atoms with Crippen LogP contribution >= 0.6 is 0 Å². The molecule has 0 spiro atoms. The summed E-state index contributed by atoms with van der Waals surface area (Å²) in [5, 5.41) is 0.825. The van der Waals surface area contributed by atoms with E-state index in [1.54, 1.807) is 11.0 Å². The van der Waals surface area contributed by atoms with Crippen LogP contribution in [0, 0.1) is 13.8 Å². The summed E-state index contributed by atoms with van der Waals surface area (Å²) in [5.41, 5.74) is 3.10. The molecule has 1 saturated heterocycles. The molecule has 0 bridgehead atoms. The topological polar surface area (TPSA) is 36.4 Å². The van der Waals surface area contributed by atoms with Crippen molar-refractivity contribution in [3.05, 3.63) is 70.9 Å². The quantitative estimate of drug-likeness (QED) is 0.604. The molecule has 0 N–H and O–H groups in total. The van der Waals surface area contributed by atoms with Crippen molar-refractivity contribution in [2.75, 3.05) is 31.1 Å². The Kier molecular flexibility index (Phi) is 5.13. The average molecular weight is 413 g/mol. The second-order valence-corrected chi connectivity index (χ2v) is 7.61. The van der Waals surface area contributed by atoms with Crippen LogP contribution in [0.15, 0.2) is 48.5 Å². The fourth-order valence-electron chi connectivity index (χ4n) is 3.91. The van der Waals surface area contributed by atoms with Crippen LogP contribution in [0.1, 0.15) is 27.2 Å². The number of aryl methyl sites for hydroxylation is 2. The number of aromatic nitrogens is 1. The first-order valence-corrected chi connectivity index (χ1v) is 9.82. The van der Waals surface area contributed by atoms with Gasteiger partial charge in [-0.2, -0.15) is 13.2 Å². The first-order valence-electron chi connectivity index (χ1n) is 9.82. The van der Waals surface area contributed by atoms with Crippen LogP contribution in [0.2, 0.25) is 0 Å². The number of alkyl halides is 3. The van der Waals surface area contributed by atoms with Gasteiger partial charge in [0.05, 0.1) is 16.6 Å². The van der Waals surface area contributed by atoms with E-state index in [0.29, 0.717) is 37.4 Å². The first-order chi connectivity index (χ1) is 14.2. The number of amides is 1. The average Bonchev–Trinajstić information content (AvgIpc) is 2.73.